The van der Waals surface area contributed by atoms with Gasteiger partial charge in [-0.3, -0.25) is 9.59 Å². The molecular formula is C22H17N2NaO3S. The van der Waals surface area contributed by atoms with Crippen molar-refractivity contribution in [2.24, 2.45) is 0 Å². The van der Waals surface area contributed by atoms with Crippen LogP contribution in [0.3, 0.4) is 0 Å². The molecular weight excluding hydrogens is 395 g/mol. The number of anilines is 3. The summed E-state index contributed by atoms with van der Waals surface area (Å²) in [6.45, 7) is 2.07. The summed E-state index contributed by atoms with van der Waals surface area (Å²) < 4.78 is 11.6. The second-order valence-electron chi connectivity index (χ2n) is 6.55. The molecule has 140 valence electrons. The zero-order chi connectivity index (χ0) is 19.8. The number of nitrogen functional groups attached to an aromatic ring is 1. The van der Waals surface area contributed by atoms with Crippen molar-refractivity contribution in [3.8, 4) is 0 Å². The fraction of sp³-hybridized carbons (Fsp3) is 0.0909. The van der Waals surface area contributed by atoms with Crippen LogP contribution in [-0.4, -0.2) is 16.1 Å². The first-order chi connectivity index (χ1) is 13.5. The first-order valence-electron chi connectivity index (χ1n) is 8.85. The summed E-state index contributed by atoms with van der Waals surface area (Å²) in [6, 6.07) is 16.0. The second kappa shape index (κ2) is 8.73. The largest absolute Gasteiger partial charge is 1.00 e. The first kappa shape index (κ1) is 21.6. The van der Waals surface area contributed by atoms with E-state index in [2.05, 4.69) is 12.2 Å². The van der Waals surface area contributed by atoms with Crippen molar-refractivity contribution in [1.82, 2.24) is 0 Å². The summed E-state index contributed by atoms with van der Waals surface area (Å²) in [7, 11) is 0. The molecule has 7 heteroatoms. The number of aryl methyl sites for hydroxylation is 1. The first-order valence-corrected chi connectivity index (χ1v) is 9.60. The van der Waals surface area contributed by atoms with Crippen LogP contribution in [0.25, 0.3) is 0 Å². The molecule has 0 spiro atoms. The van der Waals surface area contributed by atoms with E-state index in [4.69, 9.17) is 5.73 Å². The Morgan fingerprint density at radius 1 is 0.966 bits per heavy atom. The Hall–Kier alpha value is -2.09. The van der Waals surface area contributed by atoms with Crippen LogP contribution in [0.4, 0.5) is 17.1 Å². The van der Waals surface area contributed by atoms with Gasteiger partial charge in [-0.2, -0.15) is 0 Å². The fourth-order valence-corrected chi connectivity index (χ4v) is 3.80. The molecule has 0 saturated heterocycles. The number of hydrogen-bond donors (Lipinski definition) is 2. The third-order valence-electron chi connectivity index (χ3n) is 4.93. The van der Waals surface area contributed by atoms with Crippen LogP contribution in [0, 0.1) is 0 Å². The monoisotopic (exact) mass is 412 g/mol. The van der Waals surface area contributed by atoms with Crippen LogP contribution in [-0.2, 0) is 6.42 Å². The van der Waals surface area contributed by atoms with Crippen LogP contribution in [0.2, 0.25) is 0 Å². The van der Waals surface area contributed by atoms with Crippen LogP contribution >= 0.6 is 12.0 Å². The van der Waals surface area contributed by atoms with Gasteiger partial charge in [0.25, 0.3) is 0 Å². The van der Waals surface area contributed by atoms with Crippen LogP contribution in [0.1, 0.15) is 44.3 Å². The molecule has 0 aromatic heterocycles. The molecule has 29 heavy (non-hydrogen) atoms. The Bertz CT molecular complexity index is 1110. The number of rotatable bonds is 4. The minimum atomic E-state index is -0.344. The fourth-order valence-electron chi connectivity index (χ4n) is 3.44. The maximum absolute atomic E-state index is 13.2. The van der Waals surface area contributed by atoms with Gasteiger partial charge in [0.15, 0.2) is 11.6 Å². The van der Waals surface area contributed by atoms with Crippen LogP contribution < -0.4 is 40.6 Å². The summed E-state index contributed by atoms with van der Waals surface area (Å²) in [5.41, 5.74) is 9.44. The molecule has 0 unspecified atom stereocenters. The zero-order valence-corrected chi connectivity index (χ0v) is 18.9. The second-order valence-corrected chi connectivity index (χ2v) is 7.16. The van der Waals surface area contributed by atoms with E-state index in [1.165, 1.54) is 5.56 Å². The topological polar surface area (TPSA) is 95.2 Å². The summed E-state index contributed by atoms with van der Waals surface area (Å²) in [4.78, 5) is 26.5. The molecule has 0 aliphatic heterocycles. The summed E-state index contributed by atoms with van der Waals surface area (Å²) in [6.07, 6.45) is 0.915. The van der Waals surface area contributed by atoms with E-state index in [0.29, 0.717) is 16.8 Å². The number of carbonyl (C=O) groups excluding carboxylic acids is 2. The minimum Gasteiger partial charge on any atom is -0.795 e. The molecule has 3 aromatic rings. The van der Waals surface area contributed by atoms with E-state index in [-0.39, 0.29) is 74.9 Å². The van der Waals surface area contributed by atoms with Gasteiger partial charge in [0.2, 0.25) is 0 Å². The van der Waals surface area contributed by atoms with Gasteiger partial charge in [0.05, 0.1) is 22.5 Å². The number of ketones is 2. The molecule has 5 nitrogen and oxygen atoms in total. The third kappa shape index (κ3) is 3.74. The number of carbonyl (C=O) groups is 2. The van der Waals surface area contributed by atoms with Gasteiger partial charge in [-0.05, 0) is 30.2 Å². The Morgan fingerprint density at radius 3 is 2.10 bits per heavy atom. The van der Waals surface area contributed by atoms with E-state index < -0.39 is 0 Å². The molecule has 0 fully saturated rings. The predicted octanol–water partition coefficient (Wildman–Crippen LogP) is 1.58. The van der Waals surface area contributed by atoms with Crippen molar-refractivity contribution in [3.63, 3.8) is 0 Å². The Labute approximate surface area is 195 Å². The zero-order valence-electron chi connectivity index (χ0n) is 16.1. The molecule has 0 heterocycles. The molecule has 1 aliphatic rings. The van der Waals surface area contributed by atoms with Gasteiger partial charge < -0.3 is 15.6 Å². The van der Waals surface area contributed by atoms with Gasteiger partial charge >= 0.3 is 29.6 Å². The van der Waals surface area contributed by atoms with Crippen molar-refractivity contribution in [3.05, 3.63) is 82.4 Å². The van der Waals surface area contributed by atoms with Gasteiger partial charge in [-0.25, -0.2) is 12.0 Å². The molecule has 3 aromatic carbocycles. The minimum absolute atomic E-state index is 0. The van der Waals surface area contributed by atoms with Gasteiger partial charge in [0.1, 0.15) is 0 Å². The maximum atomic E-state index is 13.2. The summed E-state index contributed by atoms with van der Waals surface area (Å²) >= 11 is 0.205. The van der Waals surface area contributed by atoms with Crippen molar-refractivity contribution in [1.29, 1.82) is 0 Å². The Kier molecular flexibility index (Phi) is 6.51. The van der Waals surface area contributed by atoms with E-state index >= 15 is 0 Å². The van der Waals surface area contributed by atoms with E-state index in [0.717, 1.165) is 12.1 Å². The number of fused-ring (bicyclic) bond motifs is 2. The van der Waals surface area contributed by atoms with E-state index in [1.807, 2.05) is 24.3 Å². The molecule has 0 radical (unpaired) electrons. The molecule has 0 amide bonds. The smallest absolute Gasteiger partial charge is 0.795 e. The van der Waals surface area contributed by atoms with Gasteiger partial charge in [-0.1, -0.05) is 43.3 Å². The normalized spacial score (nSPS) is 12.1. The summed E-state index contributed by atoms with van der Waals surface area (Å²) in [5.74, 6) is -0.630. The molecule has 4 rings (SSSR count). The molecule has 0 bridgehead atoms. The van der Waals surface area contributed by atoms with E-state index in [9.17, 15) is 14.1 Å². The predicted molar refractivity (Wildman–Crippen MR) is 110 cm³/mol. The van der Waals surface area contributed by atoms with Crippen LogP contribution in [0.5, 0.6) is 0 Å². The average molecular weight is 412 g/mol. The maximum Gasteiger partial charge on any atom is 1.00 e. The van der Waals surface area contributed by atoms with Crippen LogP contribution in [0.15, 0.2) is 59.5 Å². The average Bonchev–Trinajstić information content (AvgIpc) is 2.73. The number of nitrogens with two attached hydrogens (primary N) is 1. The summed E-state index contributed by atoms with van der Waals surface area (Å²) in [5, 5.41) is 3.19. The number of hydrogen-bond acceptors (Lipinski definition) is 6. The van der Waals surface area contributed by atoms with E-state index in [1.54, 1.807) is 30.3 Å². The molecule has 0 atom stereocenters. The quantitative estimate of drug-likeness (QED) is 0.300. The Morgan fingerprint density at radius 2 is 1.55 bits per heavy atom. The van der Waals surface area contributed by atoms with Crippen molar-refractivity contribution >= 4 is 40.7 Å². The van der Waals surface area contributed by atoms with Crippen molar-refractivity contribution in [2.75, 3.05) is 11.1 Å². The third-order valence-corrected chi connectivity index (χ3v) is 5.45. The Balaban J connectivity index is 0.00000240. The van der Waals surface area contributed by atoms with Crippen molar-refractivity contribution in [2.45, 2.75) is 18.2 Å². The molecule has 3 N–H and O–H groups in total. The number of benzene rings is 3. The standard InChI is InChI=1S/C22H18N2O3S.Na/c1-2-12-7-9-13(10-8-12)24-16-11-17(28-27)20(23)19-18(16)21(25)14-5-3-4-6-15(14)22(19)26;/h3-11,24,27H,2,23H2,1H3;/q;+1/p-1. The number of nitrogens with one attached hydrogen (secondary N) is 1. The van der Waals surface area contributed by atoms with Crippen molar-refractivity contribution < 1.29 is 43.7 Å². The SMILES string of the molecule is CCc1ccc(Nc2cc(S[O-])c(N)c3c2C(=O)c2ccccc2C3=O)cc1.[Na+]. The van der Waals surface area contributed by atoms with Gasteiger partial charge in [-0.15, -0.1) is 0 Å². The molecule has 0 saturated carbocycles. The molecule has 1 aliphatic carbocycles. The van der Waals surface area contributed by atoms with Gasteiger partial charge in [0, 0.05) is 21.7 Å².